The number of anilines is 1. The van der Waals surface area contributed by atoms with E-state index in [0.29, 0.717) is 11.9 Å². The number of rotatable bonds is 1. The summed E-state index contributed by atoms with van der Waals surface area (Å²) >= 11 is 0. The number of aromatic nitrogens is 2. The van der Waals surface area contributed by atoms with E-state index in [1.807, 2.05) is 4.68 Å². The van der Waals surface area contributed by atoms with E-state index in [9.17, 15) is 10.0 Å². The summed E-state index contributed by atoms with van der Waals surface area (Å²) in [5.74, 6) is 0. The highest BCUT2D eigenvalue weighted by atomic mass is 16.8. The summed E-state index contributed by atoms with van der Waals surface area (Å²) in [6, 6.07) is 4.65. The fourth-order valence-electron chi connectivity index (χ4n) is 2.40. The second-order valence-corrected chi connectivity index (χ2v) is 4.23. The second-order valence-electron chi connectivity index (χ2n) is 4.23. The highest BCUT2D eigenvalue weighted by molar-refractivity contribution is 5.82. The number of hydrogen-bond donors (Lipinski definition) is 1. The Balaban J connectivity index is 2.31. The molecule has 0 aliphatic carbocycles. The van der Waals surface area contributed by atoms with Gasteiger partial charge in [0.1, 0.15) is 0 Å². The summed E-state index contributed by atoms with van der Waals surface area (Å²) in [5, 5.41) is 19.9. The first-order valence-corrected chi connectivity index (χ1v) is 5.58. The van der Waals surface area contributed by atoms with Crippen LogP contribution < -0.4 is 10.8 Å². The Bertz CT molecular complexity index is 627. The van der Waals surface area contributed by atoms with E-state index < -0.39 is 0 Å². The van der Waals surface area contributed by atoms with E-state index in [0.717, 1.165) is 24.9 Å². The summed E-state index contributed by atoms with van der Waals surface area (Å²) in [4.78, 5) is 12.1. The van der Waals surface area contributed by atoms with Crippen LogP contribution in [0.3, 0.4) is 0 Å². The predicted molar refractivity (Wildman–Crippen MR) is 63.1 cm³/mol. The van der Waals surface area contributed by atoms with Gasteiger partial charge in [-0.15, -0.1) is 0 Å². The Morgan fingerprint density at radius 2 is 1.94 bits per heavy atom. The van der Waals surface area contributed by atoms with Crippen LogP contribution in [0.2, 0.25) is 0 Å². The topological polar surface area (TPSA) is 73.5 Å². The molecule has 2 heterocycles. The largest absolute Gasteiger partial charge is 0.733 e. The molecule has 0 spiro atoms. The molecule has 3 rings (SSSR count). The van der Waals surface area contributed by atoms with E-state index in [-0.39, 0.29) is 16.5 Å². The zero-order valence-electron chi connectivity index (χ0n) is 9.17. The van der Waals surface area contributed by atoms with Crippen molar-refractivity contribution in [3.05, 3.63) is 33.8 Å². The van der Waals surface area contributed by atoms with Crippen LogP contribution >= 0.6 is 0 Å². The lowest BCUT2D eigenvalue weighted by molar-refractivity contribution is 0.296. The molecule has 0 saturated carbocycles. The number of benzene rings is 1. The maximum Gasteiger partial charge on any atom is 0.274 e. The minimum absolute atomic E-state index is 0.0816. The number of nitrogens with zero attached hydrogens (tertiary/aromatic N) is 3. The van der Waals surface area contributed by atoms with Gasteiger partial charge in [0, 0.05) is 13.1 Å². The van der Waals surface area contributed by atoms with Gasteiger partial charge in [-0.3, -0.25) is 14.7 Å². The normalized spacial score (nSPS) is 14.9. The van der Waals surface area contributed by atoms with Gasteiger partial charge in [0.25, 0.3) is 5.56 Å². The van der Waals surface area contributed by atoms with Crippen LogP contribution in [0.1, 0.15) is 12.8 Å². The molecule has 1 aromatic heterocycles. The van der Waals surface area contributed by atoms with Gasteiger partial charge in [0.05, 0.1) is 16.6 Å². The van der Waals surface area contributed by atoms with E-state index in [1.165, 1.54) is 12.1 Å². The van der Waals surface area contributed by atoms with Gasteiger partial charge in [-0.25, -0.2) is 4.68 Å². The minimum Gasteiger partial charge on any atom is -0.733 e. The lowest BCUT2D eigenvalue weighted by Gasteiger charge is -2.21. The molecular formula is C11H12N3O3-. The number of fused-ring (bicyclic) bond motifs is 3. The van der Waals surface area contributed by atoms with Crippen molar-refractivity contribution in [2.24, 2.45) is 0 Å². The van der Waals surface area contributed by atoms with Crippen LogP contribution in [-0.4, -0.2) is 14.6 Å². The average Bonchev–Trinajstić information content (AvgIpc) is 2.64. The van der Waals surface area contributed by atoms with E-state index in [2.05, 4.69) is 0 Å². The Labute approximate surface area is 96.8 Å². The van der Waals surface area contributed by atoms with Crippen molar-refractivity contribution in [2.45, 2.75) is 25.9 Å². The lowest BCUT2D eigenvalue weighted by atomic mass is 10.2. The molecule has 1 aromatic carbocycles. The fraction of sp³-hybridized carbons (Fsp3) is 0.364. The molecule has 0 amide bonds. The maximum absolute atomic E-state index is 12.1. The monoisotopic (exact) mass is 234 g/mol. The van der Waals surface area contributed by atoms with Crippen molar-refractivity contribution in [1.82, 2.24) is 9.36 Å². The molecule has 17 heavy (non-hydrogen) atoms. The first-order valence-electron chi connectivity index (χ1n) is 5.58. The summed E-state index contributed by atoms with van der Waals surface area (Å²) in [7, 11) is 0. The molecular weight excluding hydrogens is 222 g/mol. The van der Waals surface area contributed by atoms with Crippen molar-refractivity contribution in [1.29, 1.82) is 0 Å². The molecule has 1 aliphatic heterocycles. The Morgan fingerprint density at radius 1 is 1.24 bits per heavy atom. The first kappa shape index (κ1) is 10.4. The number of hydrogen-bond acceptors (Lipinski definition) is 4. The zero-order valence-corrected chi connectivity index (χ0v) is 9.17. The summed E-state index contributed by atoms with van der Waals surface area (Å²) in [6.07, 6.45) is 2.05. The SMILES string of the molecule is O=c1c2cc(N([O-])O)ccc2n2n1CCCC2. The summed E-state index contributed by atoms with van der Waals surface area (Å²) < 4.78 is 3.64. The van der Waals surface area contributed by atoms with Gasteiger partial charge in [-0.05, 0) is 31.0 Å². The van der Waals surface area contributed by atoms with E-state index >= 15 is 0 Å². The van der Waals surface area contributed by atoms with Crippen molar-refractivity contribution in [3.8, 4) is 0 Å². The fourth-order valence-corrected chi connectivity index (χ4v) is 2.40. The predicted octanol–water partition coefficient (Wildman–Crippen LogP) is 1.29. The molecule has 2 aromatic rings. The van der Waals surface area contributed by atoms with E-state index in [1.54, 1.807) is 10.7 Å². The summed E-state index contributed by atoms with van der Waals surface area (Å²) in [5.41, 5.74) is 0.807. The Kier molecular flexibility index (Phi) is 2.20. The third-order valence-electron chi connectivity index (χ3n) is 3.23. The zero-order chi connectivity index (χ0) is 12.0. The highest BCUT2D eigenvalue weighted by Crippen LogP contribution is 2.21. The molecule has 0 atom stereocenters. The van der Waals surface area contributed by atoms with Crippen molar-refractivity contribution < 1.29 is 5.21 Å². The van der Waals surface area contributed by atoms with E-state index in [4.69, 9.17) is 5.21 Å². The van der Waals surface area contributed by atoms with Crippen LogP contribution in [0, 0.1) is 5.21 Å². The van der Waals surface area contributed by atoms with Crippen LogP contribution in [-0.2, 0) is 13.1 Å². The highest BCUT2D eigenvalue weighted by Gasteiger charge is 2.16. The van der Waals surface area contributed by atoms with Gasteiger partial charge in [0.15, 0.2) is 0 Å². The summed E-state index contributed by atoms with van der Waals surface area (Å²) in [6.45, 7) is 1.53. The molecule has 1 aliphatic rings. The van der Waals surface area contributed by atoms with Crippen LogP contribution in [0.4, 0.5) is 5.69 Å². The molecule has 0 saturated heterocycles. The average molecular weight is 234 g/mol. The van der Waals surface area contributed by atoms with Gasteiger partial charge >= 0.3 is 0 Å². The molecule has 0 unspecified atom stereocenters. The van der Waals surface area contributed by atoms with Crippen molar-refractivity contribution in [2.75, 3.05) is 5.23 Å². The van der Waals surface area contributed by atoms with Gasteiger partial charge < -0.3 is 10.4 Å². The van der Waals surface area contributed by atoms with Crippen molar-refractivity contribution >= 4 is 16.6 Å². The minimum atomic E-state index is -0.222. The third kappa shape index (κ3) is 1.45. The quantitative estimate of drug-likeness (QED) is 0.754. The lowest BCUT2D eigenvalue weighted by Crippen LogP contribution is -2.26. The Morgan fingerprint density at radius 3 is 2.65 bits per heavy atom. The maximum atomic E-state index is 12.1. The number of aryl methyl sites for hydroxylation is 1. The van der Waals surface area contributed by atoms with Crippen LogP contribution in [0.25, 0.3) is 10.9 Å². The molecule has 0 bridgehead atoms. The van der Waals surface area contributed by atoms with Crippen molar-refractivity contribution in [3.63, 3.8) is 0 Å². The smallest absolute Gasteiger partial charge is 0.274 e. The van der Waals surface area contributed by atoms with Gasteiger partial charge in [0.2, 0.25) is 0 Å². The van der Waals surface area contributed by atoms with Crippen LogP contribution in [0.5, 0.6) is 0 Å². The first-order chi connectivity index (χ1) is 8.18. The molecule has 0 fully saturated rings. The van der Waals surface area contributed by atoms with Gasteiger partial charge in [-0.1, -0.05) is 0 Å². The Hall–Kier alpha value is -1.79. The molecule has 6 nitrogen and oxygen atoms in total. The molecule has 1 N–H and O–H groups in total. The second kappa shape index (κ2) is 3.61. The third-order valence-corrected chi connectivity index (χ3v) is 3.23. The molecule has 90 valence electrons. The van der Waals surface area contributed by atoms with Crippen LogP contribution in [0.15, 0.2) is 23.0 Å². The standard InChI is InChI=1S/C11H12N3O3/c15-11-9-7-8(14(16)17)3-4-10(9)12-5-1-2-6-13(11)12/h3-4,7,16H,1-2,5-6H2/q-1. The molecule has 0 radical (unpaired) electrons. The molecule has 6 heteroatoms. The van der Waals surface area contributed by atoms with Gasteiger partial charge in [-0.2, -0.15) is 0 Å².